The zero-order chi connectivity index (χ0) is 20.3. The van der Waals surface area contributed by atoms with Gasteiger partial charge in [-0.15, -0.1) is 0 Å². The molecule has 4 nitrogen and oxygen atoms in total. The Hall–Kier alpha value is -2.50. The van der Waals surface area contributed by atoms with Crippen molar-refractivity contribution in [2.75, 3.05) is 0 Å². The summed E-state index contributed by atoms with van der Waals surface area (Å²) in [5.41, 5.74) is 5.77. The molecule has 152 valence electrons. The van der Waals surface area contributed by atoms with Crippen LogP contribution in [0.1, 0.15) is 49.1 Å². The normalized spacial score (nSPS) is 32.5. The van der Waals surface area contributed by atoms with Gasteiger partial charge >= 0.3 is 0 Å². The van der Waals surface area contributed by atoms with Crippen molar-refractivity contribution in [3.8, 4) is 11.3 Å². The van der Waals surface area contributed by atoms with Gasteiger partial charge in [0.25, 0.3) is 0 Å². The summed E-state index contributed by atoms with van der Waals surface area (Å²) in [6.45, 7) is 0. The van der Waals surface area contributed by atoms with Gasteiger partial charge < -0.3 is 10.2 Å². The molecule has 1 aromatic heterocycles. The maximum absolute atomic E-state index is 13.5. The number of ketones is 1. The highest BCUT2D eigenvalue weighted by molar-refractivity contribution is 5.94. The van der Waals surface area contributed by atoms with Gasteiger partial charge in [0.2, 0.25) is 5.91 Å². The number of Topliss-reactive ketones (excluding diaryl/α,β-unsaturated/α-hetero) is 1. The Morgan fingerprint density at radius 1 is 1.03 bits per heavy atom. The quantitative estimate of drug-likeness (QED) is 0.739. The van der Waals surface area contributed by atoms with E-state index in [0.29, 0.717) is 35.5 Å². The van der Waals surface area contributed by atoms with E-state index in [2.05, 4.69) is 0 Å². The third-order valence-corrected chi connectivity index (χ3v) is 7.50. The standard InChI is InChI=1S/C23H23F2NO3/c24-17-2-1-13(7-18(17)25)20-3-4-21(29-20)19(27)8-16-14-5-12-6-15(16)11-23(9-12,10-14)22(26)28/h1-4,7,12,14-16H,5-6,8-11H2,(H2,26,28). The molecule has 0 aliphatic heterocycles. The lowest BCUT2D eigenvalue weighted by Gasteiger charge is -2.58. The summed E-state index contributed by atoms with van der Waals surface area (Å²) < 4.78 is 32.3. The van der Waals surface area contributed by atoms with E-state index in [-0.39, 0.29) is 28.8 Å². The van der Waals surface area contributed by atoms with Crippen molar-refractivity contribution in [3.05, 3.63) is 47.7 Å². The minimum atomic E-state index is -0.955. The second kappa shape index (κ2) is 6.51. The Balaban J connectivity index is 1.32. The fraction of sp³-hybridized carbons (Fsp3) is 0.478. The van der Waals surface area contributed by atoms with Crippen molar-refractivity contribution in [3.63, 3.8) is 0 Å². The highest BCUT2D eigenvalue weighted by Gasteiger charge is 2.57. The summed E-state index contributed by atoms with van der Waals surface area (Å²) in [6, 6.07) is 6.73. The Morgan fingerprint density at radius 3 is 2.41 bits per heavy atom. The van der Waals surface area contributed by atoms with Gasteiger partial charge in [-0.2, -0.15) is 0 Å². The number of rotatable bonds is 5. The summed E-state index contributed by atoms with van der Waals surface area (Å²) in [5, 5.41) is 0. The Bertz CT molecular complexity index is 982. The van der Waals surface area contributed by atoms with Crippen LogP contribution in [0.3, 0.4) is 0 Å². The van der Waals surface area contributed by atoms with E-state index in [9.17, 15) is 18.4 Å². The third kappa shape index (κ3) is 3.00. The van der Waals surface area contributed by atoms with Gasteiger partial charge in [0, 0.05) is 17.4 Å². The molecule has 2 N–H and O–H groups in total. The number of furan rings is 1. The maximum Gasteiger partial charge on any atom is 0.223 e. The molecule has 2 aromatic rings. The molecule has 2 atom stereocenters. The van der Waals surface area contributed by atoms with E-state index < -0.39 is 11.6 Å². The van der Waals surface area contributed by atoms with E-state index in [4.69, 9.17) is 10.2 Å². The molecular formula is C23H23F2NO3. The molecule has 0 radical (unpaired) electrons. The van der Waals surface area contributed by atoms with Gasteiger partial charge in [0.15, 0.2) is 23.2 Å². The summed E-state index contributed by atoms with van der Waals surface area (Å²) in [4.78, 5) is 25.0. The number of nitrogens with two attached hydrogens (primary N) is 1. The lowest BCUT2D eigenvalue weighted by molar-refractivity contribution is -0.149. The first-order valence-corrected chi connectivity index (χ1v) is 10.2. The number of amides is 1. The molecule has 4 aliphatic carbocycles. The molecule has 1 aromatic carbocycles. The molecule has 2 unspecified atom stereocenters. The van der Waals surface area contributed by atoms with E-state index >= 15 is 0 Å². The molecule has 0 spiro atoms. The molecular weight excluding hydrogens is 376 g/mol. The van der Waals surface area contributed by atoms with Gasteiger partial charge in [0.1, 0.15) is 5.76 Å². The van der Waals surface area contributed by atoms with E-state index in [0.717, 1.165) is 44.2 Å². The highest BCUT2D eigenvalue weighted by Crippen LogP contribution is 2.62. The van der Waals surface area contributed by atoms with Crippen molar-refractivity contribution in [2.45, 2.75) is 38.5 Å². The van der Waals surface area contributed by atoms with Crippen LogP contribution in [-0.4, -0.2) is 11.7 Å². The van der Waals surface area contributed by atoms with Crippen molar-refractivity contribution in [1.29, 1.82) is 0 Å². The largest absolute Gasteiger partial charge is 0.453 e. The van der Waals surface area contributed by atoms with Crippen molar-refractivity contribution in [1.82, 2.24) is 0 Å². The van der Waals surface area contributed by atoms with E-state index in [1.54, 1.807) is 12.1 Å². The predicted octanol–water partition coefficient (Wildman–Crippen LogP) is 4.73. The average Bonchev–Trinajstić information content (AvgIpc) is 3.16. The fourth-order valence-corrected chi connectivity index (χ4v) is 6.37. The van der Waals surface area contributed by atoms with Crippen LogP contribution in [0.2, 0.25) is 0 Å². The van der Waals surface area contributed by atoms with E-state index in [1.165, 1.54) is 6.07 Å². The third-order valence-electron chi connectivity index (χ3n) is 7.50. The number of hydrogen-bond donors (Lipinski definition) is 1. The van der Waals surface area contributed by atoms with Gasteiger partial charge in [-0.1, -0.05) is 0 Å². The Labute approximate surface area is 167 Å². The molecule has 6 heteroatoms. The lowest BCUT2D eigenvalue weighted by atomic mass is 9.45. The predicted molar refractivity (Wildman–Crippen MR) is 102 cm³/mol. The lowest BCUT2D eigenvalue weighted by Crippen LogP contribution is -2.56. The summed E-state index contributed by atoms with van der Waals surface area (Å²) in [7, 11) is 0. The van der Waals surface area contributed by atoms with Crippen LogP contribution in [-0.2, 0) is 4.79 Å². The minimum absolute atomic E-state index is 0.0792. The molecule has 4 bridgehead atoms. The first-order chi connectivity index (χ1) is 13.8. The molecule has 4 saturated carbocycles. The highest BCUT2D eigenvalue weighted by atomic mass is 19.2. The summed E-state index contributed by atoms with van der Waals surface area (Å²) in [6.07, 6.45) is 5.04. The van der Waals surface area contributed by atoms with Gasteiger partial charge in [-0.3, -0.25) is 9.59 Å². The number of benzene rings is 1. The van der Waals surface area contributed by atoms with Crippen LogP contribution in [0.4, 0.5) is 8.78 Å². The molecule has 1 amide bonds. The van der Waals surface area contributed by atoms with Gasteiger partial charge in [-0.25, -0.2) is 8.78 Å². The zero-order valence-corrected chi connectivity index (χ0v) is 16.0. The number of hydrogen-bond acceptors (Lipinski definition) is 3. The SMILES string of the molecule is NC(=O)C12CC3CC(C1)C(CC(=O)c1ccc(-c4ccc(F)c(F)c4)o1)C(C3)C2. The average molecular weight is 399 g/mol. The smallest absolute Gasteiger partial charge is 0.223 e. The van der Waals surface area contributed by atoms with Crippen molar-refractivity contribution >= 4 is 11.7 Å². The number of halogens is 2. The zero-order valence-electron chi connectivity index (χ0n) is 16.0. The molecule has 4 aliphatic rings. The summed E-state index contributed by atoms with van der Waals surface area (Å²) >= 11 is 0. The Morgan fingerprint density at radius 2 is 1.76 bits per heavy atom. The van der Waals surface area contributed by atoms with Crippen molar-refractivity contribution < 1.29 is 22.8 Å². The second-order valence-electron chi connectivity index (χ2n) is 9.20. The van der Waals surface area contributed by atoms with Crippen LogP contribution in [0, 0.1) is 40.7 Å². The van der Waals surface area contributed by atoms with Crippen LogP contribution >= 0.6 is 0 Å². The number of carbonyl (C=O) groups is 2. The molecule has 1 heterocycles. The van der Waals surface area contributed by atoms with Crippen molar-refractivity contribution in [2.24, 2.45) is 34.8 Å². The monoisotopic (exact) mass is 399 g/mol. The molecule has 6 rings (SSSR count). The first-order valence-electron chi connectivity index (χ1n) is 10.2. The Kier molecular flexibility index (Phi) is 4.16. The maximum atomic E-state index is 13.5. The summed E-state index contributed by atoms with van der Waals surface area (Å²) in [5.74, 6) is -0.0348. The molecule has 29 heavy (non-hydrogen) atoms. The van der Waals surface area contributed by atoms with Gasteiger partial charge in [0.05, 0.1) is 0 Å². The van der Waals surface area contributed by atoms with E-state index in [1.807, 2.05) is 0 Å². The molecule has 0 saturated heterocycles. The number of primary amides is 1. The first kappa shape index (κ1) is 18.5. The van der Waals surface area contributed by atoms with Gasteiger partial charge in [-0.05, 0) is 86.1 Å². The van der Waals surface area contributed by atoms with Crippen LogP contribution < -0.4 is 5.73 Å². The number of carbonyl (C=O) groups excluding carboxylic acids is 2. The minimum Gasteiger partial charge on any atom is -0.453 e. The van der Waals surface area contributed by atoms with Crippen LogP contribution in [0.15, 0.2) is 34.7 Å². The van der Waals surface area contributed by atoms with Crippen LogP contribution in [0.25, 0.3) is 11.3 Å². The fourth-order valence-electron chi connectivity index (χ4n) is 6.37. The topological polar surface area (TPSA) is 73.3 Å². The molecule has 4 fully saturated rings. The van der Waals surface area contributed by atoms with Crippen LogP contribution in [0.5, 0.6) is 0 Å². The second-order valence-corrected chi connectivity index (χ2v) is 9.20.